The molecule has 0 bridgehead atoms. The van der Waals surface area contributed by atoms with Gasteiger partial charge in [0.1, 0.15) is 0 Å². The molecule has 4 rings (SSSR count). The summed E-state index contributed by atoms with van der Waals surface area (Å²) in [7, 11) is 0. The number of piperidine rings is 1. The van der Waals surface area contributed by atoms with E-state index in [2.05, 4.69) is 53.0 Å². The maximum absolute atomic E-state index is 3.94. The van der Waals surface area contributed by atoms with Gasteiger partial charge in [0.2, 0.25) is 0 Å². The molecule has 2 fully saturated rings. The molecule has 1 aliphatic heterocycles. The second kappa shape index (κ2) is 8.58. The highest BCUT2D eigenvalue weighted by Crippen LogP contribution is 2.38. The predicted molar refractivity (Wildman–Crippen MR) is 111 cm³/mol. The zero-order valence-electron chi connectivity index (χ0n) is 16.3. The van der Waals surface area contributed by atoms with Crippen LogP contribution in [0.3, 0.4) is 0 Å². The molecule has 1 aliphatic carbocycles. The normalized spacial score (nSPS) is 28.3. The van der Waals surface area contributed by atoms with Gasteiger partial charge < -0.3 is 15.6 Å². The molecule has 0 radical (unpaired) electrons. The van der Waals surface area contributed by atoms with Crippen molar-refractivity contribution in [3.05, 3.63) is 36.0 Å². The van der Waals surface area contributed by atoms with Crippen molar-refractivity contribution in [3.63, 3.8) is 0 Å². The van der Waals surface area contributed by atoms with E-state index in [0.717, 1.165) is 17.8 Å². The van der Waals surface area contributed by atoms with Gasteiger partial charge >= 0.3 is 0 Å². The number of H-pyrrole nitrogens is 1. The van der Waals surface area contributed by atoms with E-state index in [0.29, 0.717) is 6.04 Å². The molecule has 1 saturated carbocycles. The van der Waals surface area contributed by atoms with Crippen molar-refractivity contribution >= 4 is 10.9 Å². The topological polar surface area (TPSA) is 39.9 Å². The molecular formula is C23H35N3. The molecule has 2 aromatic rings. The minimum atomic E-state index is 0.703. The lowest BCUT2D eigenvalue weighted by atomic mass is 9.78. The summed E-state index contributed by atoms with van der Waals surface area (Å²) in [6, 6.07) is 9.46. The van der Waals surface area contributed by atoms with Crippen LogP contribution in [0.1, 0.15) is 63.4 Å². The number of hydrogen-bond acceptors (Lipinski definition) is 2. The minimum absolute atomic E-state index is 0.703. The van der Waals surface area contributed by atoms with Gasteiger partial charge in [0.15, 0.2) is 0 Å². The summed E-state index contributed by atoms with van der Waals surface area (Å²) in [4.78, 5) is 3.46. The van der Waals surface area contributed by atoms with Crippen LogP contribution in [-0.2, 0) is 0 Å². The first-order valence-corrected chi connectivity index (χ1v) is 10.8. The van der Waals surface area contributed by atoms with Crippen LogP contribution in [-0.4, -0.2) is 30.7 Å². The first-order valence-electron chi connectivity index (χ1n) is 10.8. The lowest BCUT2D eigenvalue weighted by Gasteiger charge is -2.34. The first-order chi connectivity index (χ1) is 12.8. The third-order valence-electron chi connectivity index (χ3n) is 6.92. The van der Waals surface area contributed by atoms with E-state index in [9.17, 15) is 0 Å². The lowest BCUT2D eigenvalue weighted by molar-refractivity contribution is 0.246. The Hall–Kier alpha value is -1.32. The standard InChI is InChI=1S/C23H35N3/c1-2-22(19-6-5-13-24-15-19)25-14-17-9-11-18(12-10-17)21-16-26-23-8-4-3-7-20(21)23/h3-4,7-8,16-19,22,24-26H,2,5-6,9-15H2,1H3. The molecule has 3 nitrogen and oxygen atoms in total. The number of benzene rings is 1. The molecule has 1 aromatic heterocycles. The summed E-state index contributed by atoms with van der Waals surface area (Å²) >= 11 is 0. The molecule has 2 aliphatic rings. The smallest absolute Gasteiger partial charge is 0.0456 e. The Balaban J connectivity index is 1.28. The largest absolute Gasteiger partial charge is 0.361 e. The molecule has 0 spiro atoms. The van der Waals surface area contributed by atoms with Crippen molar-refractivity contribution in [1.82, 2.24) is 15.6 Å². The fourth-order valence-electron chi connectivity index (χ4n) is 5.29. The van der Waals surface area contributed by atoms with E-state index in [1.54, 1.807) is 5.56 Å². The van der Waals surface area contributed by atoms with E-state index in [-0.39, 0.29) is 0 Å². The summed E-state index contributed by atoms with van der Waals surface area (Å²) < 4.78 is 0. The van der Waals surface area contributed by atoms with E-state index in [4.69, 9.17) is 0 Å². The van der Waals surface area contributed by atoms with Crippen LogP contribution in [0.15, 0.2) is 30.5 Å². The van der Waals surface area contributed by atoms with Gasteiger partial charge in [0, 0.05) is 23.1 Å². The summed E-state index contributed by atoms with van der Waals surface area (Å²) in [5.74, 6) is 2.44. The number of aromatic nitrogens is 1. The molecule has 3 N–H and O–H groups in total. The van der Waals surface area contributed by atoms with E-state index < -0.39 is 0 Å². The number of aromatic amines is 1. The quantitative estimate of drug-likeness (QED) is 0.697. The van der Waals surface area contributed by atoms with Gasteiger partial charge in [-0.05, 0) is 94.0 Å². The Morgan fingerprint density at radius 2 is 1.96 bits per heavy atom. The molecule has 0 amide bonds. The van der Waals surface area contributed by atoms with Crippen molar-refractivity contribution in [2.75, 3.05) is 19.6 Å². The van der Waals surface area contributed by atoms with E-state index in [1.807, 2.05) is 0 Å². The Kier molecular flexibility index (Phi) is 5.96. The lowest BCUT2D eigenvalue weighted by Crippen LogP contribution is -2.45. The Labute approximate surface area is 158 Å². The highest BCUT2D eigenvalue weighted by molar-refractivity contribution is 5.83. The number of fused-ring (bicyclic) bond motifs is 1. The van der Waals surface area contributed by atoms with Crippen molar-refractivity contribution in [1.29, 1.82) is 0 Å². The molecular weight excluding hydrogens is 318 g/mol. The van der Waals surface area contributed by atoms with Gasteiger partial charge in [-0.15, -0.1) is 0 Å². The molecule has 2 atom stereocenters. The van der Waals surface area contributed by atoms with Crippen LogP contribution >= 0.6 is 0 Å². The van der Waals surface area contributed by atoms with Crippen LogP contribution in [0.25, 0.3) is 10.9 Å². The zero-order chi connectivity index (χ0) is 17.8. The van der Waals surface area contributed by atoms with Crippen LogP contribution in [0.4, 0.5) is 0 Å². The number of hydrogen-bond donors (Lipinski definition) is 3. The SMILES string of the molecule is CCC(NCC1CCC(c2c[nH]c3ccccc23)CC1)C1CCCNC1. The highest BCUT2D eigenvalue weighted by atomic mass is 15.0. The summed E-state index contributed by atoms with van der Waals surface area (Å²) in [5, 5.41) is 8.96. The Morgan fingerprint density at radius 3 is 2.73 bits per heavy atom. The summed E-state index contributed by atoms with van der Waals surface area (Å²) in [6.45, 7) is 5.99. The fraction of sp³-hybridized carbons (Fsp3) is 0.652. The molecule has 3 heteroatoms. The predicted octanol–water partition coefficient (Wildman–Crippen LogP) is 4.81. The zero-order valence-corrected chi connectivity index (χ0v) is 16.3. The average Bonchev–Trinajstić information content (AvgIpc) is 3.14. The first kappa shape index (κ1) is 18.1. The number of nitrogens with one attached hydrogen (secondary N) is 3. The summed E-state index contributed by atoms with van der Waals surface area (Å²) in [5.41, 5.74) is 2.84. The van der Waals surface area contributed by atoms with Gasteiger partial charge in [-0.2, -0.15) is 0 Å². The number of para-hydroxylation sites is 1. The Morgan fingerprint density at radius 1 is 1.12 bits per heavy atom. The second-order valence-corrected chi connectivity index (χ2v) is 8.54. The van der Waals surface area contributed by atoms with Crippen molar-refractivity contribution < 1.29 is 0 Å². The molecule has 1 aromatic carbocycles. The van der Waals surface area contributed by atoms with Crippen molar-refractivity contribution in [3.8, 4) is 0 Å². The van der Waals surface area contributed by atoms with Gasteiger partial charge in [0.05, 0.1) is 0 Å². The van der Waals surface area contributed by atoms with E-state index in [1.165, 1.54) is 75.5 Å². The third kappa shape index (κ3) is 3.99. The van der Waals surface area contributed by atoms with Crippen LogP contribution in [0, 0.1) is 11.8 Å². The van der Waals surface area contributed by atoms with Crippen LogP contribution < -0.4 is 10.6 Å². The van der Waals surface area contributed by atoms with Gasteiger partial charge in [-0.1, -0.05) is 25.1 Å². The Bertz CT molecular complexity index is 678. The van der Waals surface area contributed by atoms with Crippen molar-refractivity contribution in [2.24, 2.45) is 11.8 Å². The molecule has 2 unspecified atom stereocenters. The van der Waals surface area contributed by atoms with Gasteiger partial charge in [-0.25, -0.2) is 0 Å². The maximum Gasteiger partial charge on any atom is 0.0456 e. The second-order valence-electron chi connectivity index (χ2n) is 8.54. The van der Waals surface area contributed by atoms with Crippen LogP contribution in [0.5, 0.6) is 0 Å². The highest BCUT2D eigenvalue weighted by Gasteiger charge is 2.26. The molecule has 1 saturated heterocycles. The van der Waals surface area contributed by atoms with Gasteiger partial charge in [-0.3, -0.25) is 0 Å². The third-order valence-corrected chi connectivity index (χ3v) is 6.92. The summed E-state index contributed by atoms with van der Waals surface area (Å²) in [6.07, 6.45) is 11.7. The van der Waals surface area contributed by atoms with Crippen LogP contribution in [0.2, 0.25) is 0 Å². The monoisotopic (exact) mass is 353 g/mol. The molecule has 142 valence electrons. The van der Waals surface area contributed by atoms with E-state index >= 15 is 0 Å². The van der Waals surface area contributed by atoms with Gasteiger partial charge in [0.25, 0.3) is 0 Å². The molecule has 26 heavy (non-hydrogen) atoms. The molecule has 2 heterocycles. The maximum atomic E-state index is 3.94. The average molecular weight is 354 g/mol. The van der Waals surface area contributed by atoms with Crippen molar-refractivity contribution in [2.45, 2.75) is 63.8 Å². The minimum Gasteiger partial charge on any atom is -0.361 e. The number of rotatable bonds is 6. The fourth-order valence-corrected chi connectivity index (χ4v) is 5.29.